The van der Waals surface area contributed by atoms with Crippen molar-refractivity contribution in [2.45, 2.75) is 10.8 Å². The van der Waals surface area contributed by atoms with Crippen LogP contribution < -0.4 is 5.32 Å². The molecule has 0 aliphatic carbocycles. The molecule has 8 heteroatoms. The summed E-state index contributed by atoms with van der Waals surface area (Å²) in [5, 5.41) is 6.35. The Kier molecular flexibility index (Phi) is 5.06. The van der Waals surface area contributed by atoms with E-state index in [0.29, 0.717) is 10.6 Å². The van der Waals surface area contributed by atoms with E-state index < -0.39 is 3.92 Å². The number of halogens is 1. The van der Waals surface area contributed by atoms with Gasteiger partial charge in [-0.1, -0.05) is 27.1 Å². The Morgan fingerprint density at radius 3 is 2.81 bits per heavy atom. The Morgan fingerprint density at radius 1 is 1.62 bits per heavy atom. The number of carbonyl (C=O) groups excluding carboxylic acids is 2. The summed E-state index contributed by atoms with van der Waals surface area (Å²) in [6.07, 6.45) is 0. The van der Waals surface area contributed by atoms with Crippen LogP contribution in [0.1, 0.15) is 15.4 Å². The van der Waals surface area contributed by atoms with Gasteiger partial charge in [0, 0.05) is 6.54 Å². The molecule has 1 heterocycles. The van der Waals surface area contributed by atoms with Gasteiger partial charge in [0.05, 0.1) is 12.8 Å². The summed E-state index contributed by atoms with van der Waals surface area (Å²) in [7, 11) is 1.31. The van der Waals surface area contributed by atoms with Crippen molar-refractivity contribution in [3.8, 4) is 0 Å². The summed E-state index contributed by atoms with van der Waals surface area (Å²) in [5.74, 6) is -0.627. The minimum atomic E-state index is -0.396. The molecule has 0 radical (unpaired) electrons. The first kappa shape index (κ1) is 13.3. The highest BCUT2D eigenvalue weighted by Gasteiger charge is 2.18. The number of rotatable bonds is 4. The highest BCUT2D eigenvalue weighted by Crippen LogP contribution is 2.09. The van der Waals surface area contributed by atoms with Gasteiger partial charge in [-0.2, -0.15) is 0 Å². The second-order valence-corrected chi connectivity index (χ2v) is 5.15. The number of alkyl halides is 1. The lowest BCUT2D eigenvalue weighted by Gasteiger charge is -2.08. The highest BCUT2D eigenvalue weighted by molar-refractivity contribution is 14.1. The predicted octanol–water partition coefficient (Wildman–Crippen LogP) is 0.553. The van der Waals surface area contributed by atoms with E-state index in [1.165, 1.54) is 7.11 Å². The molecule has 1 amide bonds. The number of hydrogen-bond donors (Lipinski definition) is 1. The smallest absolute Gasteiger partial charge is 0.320 e. The molecule has 88 valence electrons. The minimum absolute atomic E-state index is 0.226. The van der Waals surface area contributed by atoms with Gasteiger partial charge in [0.1, 0.15) is 8.80 Å². The van der Waals surface area contributed by atoms with Gasteiger partial charge < -0.3 is 10.1 Å². The molecule has 1 aromatic heterocycles. The fourth-order valence-corrected chi connectivity index (χ4v) is 1.96. The quantitative estimate of drug-likeness (QED) is 0.485. The monoisotopic (exact) mass is 355 g/mol. The lowest BCUT2D eigenvalue weighted by Crippen LogP contribution is -2.33. The van der Waals surface area contributed by atoms with Crippen molar-refractivity contribution in [2.24, 2.45) is 0 Å². The third-order valence-electron chi connectivity index (χ3n) is 1.76. The Bertz CT molecular complexity index is 396. The fourth-order valence-electron chi connectivity index (χ4n) is 0.913. The molecule has 6 nitrogen and oxygen atoms in total. The Balaban J connectivity index is 2.48. The number of carbonyl (C=O) groups is 2. The van der Waals surface area contributed by atoms with E-state index in [9.17, 15) is 9.59 Å². The van der Waals surface area contributed by atoms with E-state index in [1.807, 2.05) is 22.6 Å². The largest absolute Gasteiger partial charge is 0.468 e. The molecule has 0 aromatic carbocycles. The molecule has 1 N–H and O–H groups in total. The van der Waals surface area contributed by atoms with Crippen molar-refractivity contribution < 1.29 is 14.3 Å². The highest BCUT2D eigenvalue weighted by atomic mass is 127. The lowest BCUT2D eigenvalue weighted by molar-refractivity contribution is -0.139. The summed E-state index contributed by atoms with van der Waals surface area (Å²) in [6, 6.07) is 0. The van der Waals surface area contributed by atoms with Crippen molar-refractivity contribution in [3.63, 3.8) is 0 Å². The number of methoxy groups -OCH3 is 1. The molecule has 1 rings (SSSR count). The lowest BCUT2D eigenvalue weighted by atomic mass is 10.3. The number of amides is 1. The number of aromatic nitrogens is 2. The predicted molar refractivity (Wildman–Crippen MR) is 66.8 cm³/mol. The first-order valence-corrected chi connectivity index (χ1v) is 6.37. The number of nitrogens with one attached hydrogen (secondary N) is 1. The third kappa shape index (κ3) is 3.37. The summed E-state index contributed by atoms with van der Waals surface area (Å²) < 4.78 is 7.80. The van der Waals surface area contributed by atoms with Crippen LogP contribution in [0.5, 0.6) is 0 Å². The maximum absolute atomic E-state index is 11.6. The molecule has 1 atom stereocenters. The first-order valence-electron chi connectivity index (χ1n) is 4.35. The maximum Gasteiger partial charge on any atom is 0.320 e. The molecule has 0 aliphatic heterocycles. The van der Waals surface area contributed by atoms with Gasteiger partial charge in [-0.25, -0.2) is 0 Å². The van der Waals surface area contributed by atoms with Crippen LogP contribution in [-0.4, -0.2) is 39.0 Å². The molecule has 0 saturated heterocycles. The Labute approximate surface area is 110 Å². The molecule has 0 spiro atoms. The molecule has 1 aromatic rings. The summed E-state index contributed by atoms with van der Waals surface area (Å²) >= 11 is 2.94. The van der Waals surface area contributed by atoms with Gasteiger partial charge in [0.25, 0.3) is 5.91 Å². The molecule has 16 heavy (non-hydrogen) atoms. The molecule has 1 unspecified atom stereocenters. The average molecular weight is 355 g/mol. The molecule has 0 aliphatic rings. The van der Waals surface area contributed by atoms with Crippen LogP contribution in [0.25, 0.3) is 0 Å². The zero-order chi connectivity index (χ0) is 12.1. The Morgan fingerprint density at radius 2 is 2.31 bits per heavy atom. The van der Waals surface area contributed by atoms with Gasteiger partial charge in [0.2, 0.25) is 0 Å². The number of nitrogens with zero attached hydrogens (tertiary/aromatic N) is 2. The number of hydrogen-bond acceptors (Lipinski definition) is 6. The number of ether oxygens (including phenoxy) is 1. The van der Waals surface area contributed by atoms with Crippen LogP contribution >= 0.6 is 34.1 Å². The van der Waals surface area contributed by atoms with Crippen LogP contribution in [0, 0.1) is 6.92 Å². The second kappa shape index (κ2) is 6.09. The SMILES string of the molecule is COC(=O)C(I)CNC(=O)c1snnc1C. The van der Waals surface area contributed by atoms with Gasteiger partial charge in [-0.05, 0) is 18.5 Å². The van der Waals surface area contributed by atoms with E-state index in [-0.39, 0.29) is 18.4 Å². The molecular weight excluding hydrogens is 345 g/mol. The van der Waals surface area contributed by atoms with E-state index in [4.69, 9.17) is 0 Å². The molecule has 0 fully saturated rings. The van der Waals surface area contributed by atoms with Crippen LogP contribution in [0.3, 0.4) is 0 Å². The van der Waals surface area contributed by atoms with Crippen molar-refractivity contribution >= 4 is 46.0 Å². The summed E-state index contributed by atoms with van der Waals surface area (Å²) in [5.41, 5.74) is 0.588. The van der Waals surface area contributed by atoms with Crippen molar-refractivity contribution in [2.75, 3.05) is 13.7 Å². The number of esters is 1. The van der Waals surface area contributed by atoms with Crippen molar-refractivity contribution in [1.29, 1.82) is 0 Å². The summed E-state index contributed by atoms with van der Waals surface area (Å²) in [6.45, 7) is 1.93. The van der Waals surface area contributed by atoms with E-state index >= 15 is 0 Å². The summed E-state index contributed by atoms with van der Waals surface area (Å²) in [4.78, 5) is 23.1. The van der Waals surface area contributed by atoms with E-state index in [0.717, 1.165) is 11.5 Å². The van der Waals surface area contributed by atoms with Crippen LogP contribution in [0.15, 0.2) is 0 Å². The van der Waals surface area contributed by atoms with Gasteiger partial charge in [-0.15, -0.1) is 5.10 Å². The molecular formula is C8H10IN3O3S. The average Bonchev–Trinajstić information content (AvgIpc) is 2.70. The fraction of sp³-hybridized carbons (Fsp3) is 0.500. The van der Waals surface area contributed by atoms with E-state index in [2.05, 4.69) is 19.6 Å². The third-order valence-corrected chi connectivity index (χ3v) is 3.53. The zero-order valence-electron chi connectivity index (χ0n) is 8.69. The van der Waals surface area contributed by atoms with Crippen molar-refractivity contribution in [1.82, 2.24) is 14.9 Å². The Hall–Kier alpha value is -0.770. The van der Waals surface area contributed by atoms with Crippen molar-refractivity contribution in [3.05, 3.63) is 10.6 Å². The molecule has 0 bridgehead atoms. The van der Waals surface area contributed by atoms with Crippen LogP contribution in [-0.2, 0) is 9.53 Å². The second-order valence-electron chi connectivity index (χ2n) is 2.89. The first-order chi connectivity index (χ1) is 7.56. The minimum Gasteiger partial charge on any atom is -0.468 e. The van der Waals surface area contributed by atoms with Gasteiger partial charge in [-0.3, -0.25) is 9.59 Å². The maximum atomic E-state index is 11.6. The standard InChI is InChI=1S/C8H10IN3O3S/c1-4-6(16-12-11-4)7(13)10-3-5(9)8(14)15-2/h5H,3H2,1-2H3,(H,10,13). The zero-order valence-corrected chi connectivity index (χ0v) is 11.7. The van der Waals surface area contributed by atoms with Crippen LogP contribution in [0.4, 0.5) is 0 Å². The van der Waals surface area contributed by atoms with Gasteiger partial charge in [0.15, 0.2) is 0 Å². The van der Waals surface area contributed by atoms with Crippen LogP contribution in [0.2, 0.25) is 0 Å². The molecule has 0 saturated carbocycles. The number of aryl methyl sites for hydroxylation is 1. The normalized spacial score (nSPS) is 11.9. The van der Waals surface area contributed by atoms with Gasteiger partial charge >= 0.3 is 5.97 Å². The van der Waals surface area contributed by atoms with E-state index in [1.54, 1.807) is 6.92 Å². The topological polar surface area (TPSA) is 81.2 Å².